The molecule has 0 aliphatic rings. The number of hydrogen-bond acceptors (Lipinski definition) is 2. The maximum absolute atomic E-state index is 6.01. The molecule has 0 aliphatic heterocycles. The van der Waals surface area contributed by atoms with Gasteiger partial charge in [-0.2, -0.15) is 0 Å². The Kier molecular flexibility index (Phi) is 5.98. The van der Waals surface area contributed by atoms with Gasteiger partial charge in [-0.15, -0.1) is 0 Å². The third-order valence-electron chi connectivity index (χ3n) is 3.06. The highest BCUT2D eigenvalue weighted by atomic mass is 28.4. The van der Waals surface area contributed by atoms with Gasteiger partial charge in [-0.25, -0.2) is 0 Å². The van der Waals surface area contributed by atoms with Crippen molar-refractivity contribution in [2.75, 3.05) is 13.2 Å². The zero-order chi connectivity index (χ0) is 14.5. The van der Waals surface area contributed by atoms with E-state index in [0.717, 1.165) is 19.7 Å². The lowest BCUT2D eigenvalue weighted by atomic mass is 10.2. The van der Waals surface area contributed by atoms with Crippen molar-refractivity contribution >= 4 is 16.6 Å². The van der Waals surface area contributed by atoms with Crippen LogP contribution in [0.4, 0.5) is 0 Å². The molecule has 108 valence electrons. The number of hydrogen-bond donors (Lipinski definition) is 0. The molecule has 4 heteroatoms. The Morgan fingerprint density at radius 1 is 0.947 bits per heavy atom. The van der Waals surface area contributed by atoms with Crippen LogP contribution < -0.4 is 0 Å². The Morgan fingerprint density at radius 3 is 2.00 bits per heavy atom. The molecule has 2 nitrogen and oxygen atoms in total. The first-order chi connectivity index (χ1) is 8.68. The molecule has 0 amide bonds. The monoisotopic (exact) mass is 295 g/mol. The van der Waals surface area contributed by atoms with Crippen molar-refractivity contribution in [3.05, 3.63) is 35.9 Å². The highest BCUT2D eigenvalue weighted by molar-refractivity contribution is 6.73. The zero-order valence-electron chi connectivity index (χ0n) is 13.4. The minimum Gasteiger partial charge on any atom is -0.416 e. The topological polar surface area (TPSA) is 12.5 Å². The van der Waals surface area contributed by atoms with Crippen molar-refractivity contribution in [3.63, 3.8) is 0 Å². The molecule has 19 heavy (non-hydrogen) atoms. The maximum atomic E-state index is 6.01. The van der Waals surface area contributed by atoms with Gasteiger partial charge in [0, 0.05) is 19.7 Å². The second kappa shape index (κ2) is 6.84. The van der Waals surface area contributed by atoms with E-state index in [1.165, 1.54) is 5.56 Å². The fourth-order valence-electron chi connectivity index (χ4n) is 1.92. The van der Waals surface area contributed by atoms with Crippen molar-refractivity contribution in [1.29, 1.82) is 0 Å². The van der Waals surface area contributed by atoms with Crippen LogP contribution >= 0.6 is 0 Å². The molecule has 0 heterocycles. The lowest BCUT2D eigenvalue weighted by molar-refractivity contribution is 0.261. The van der Waals surface area contributed by atoms with Crippen molar-refractivity contribution in [2.45, 2.75) is 45.8 Å². The van der Waals surface area contributed by atoms with Gasteiger partial charge in [-0.05, 0) is 25.2 Å². The van der Waals surface area contributed by atoms with E-state index >= 15 is 0 Å². The largest absolute Gasteiger partial charge is 0.416 e. The highest BCUT2D eigenvalue weighted by Gasteiger charge is 2.24. The smallest absolute Gasteiger partial charge is 0.183 e. The molecule has 1 aromatic rings. The highest BCUT2D eigenvalue weighted by Crippen LogP contribution is 2.14. The van der Waals surface area contributed by atoms with Gasteiger partial charge in [-0.1, -0.05) is 50.0 Å². The van der Waals surface area contributed by atoms with Crippen LogP contribution in [0.25, 0.3) is 0 Å². The molecule has 0 fully saturated rings. The molecule has 0 saturated carbocycles. The summed E-state index contributed by atoms with van der Waals surface area (Å²) in [5.74, 6) is 0. The molecule has 0 N–H and O–H groups in total. The van der Waals surface area contributed by atoms with Gasteiger partial charge in [0.15, 0.2) is 8.32 Å². The number of benzene rings is 1. The van der Waals surface area contributed by atoms with Gasteiger partial charge in [0.25, 0.3) is 0 Å². The molecule has 0 aromatic heterocycles. The number of nitrogens with zero attached hydrogens (tertiary/aromatic N) is 1. The van der Waals surface area contributed by atoms with E-state index in [-0.39, 0.29) is 0 Å². The fraction of sp³-hybridized carbons (Fsp3) is 0.600. The van der Waals surface area contributed by atoms with E-state index in [4.69, 9.17) is 4.43 Å². The Labute approximate surface area is 121 Å². The first kappa shape index (κ1) is 16.6. The average Bonchev–Trinajstić information content (AvgIpc) is 2.26. The zero-order valence-corrected chi connectivity index (χ0v) is 15.4. The first-order valence-electron chi connectivity index (χ1n) is 7.11. The molecule has 0 unspecified atom stereocenters. The molecule has 0 saturated heterocycles. The summed E-state index contributed by atoms with van der Waals surface area (Å²) in [7, 11) is -2.68. The van der Waals surface area contributed by atoms with Gasteiger partial charge >= 0.3 is 0 Å². The summed E-state index contributed by atoms with van der Waals surface area (Å²) in [6, 6.07) is 10.8. The molecule has 0 spiro atoms. The lowest BCUT2D eigenvalue weighted by Crippen LogP contribution is -2.47. The van der Waals surface area contributed by atoms with Gasteiger partial charge in [-0.3, -0.25) is 0 Å². The Bertz CT molecular complexity index is 368. The molecular formula is C15H29NOSi2. The second-order valence-corrected chi connectivity index (χ2v) is 16.5. The van der Waals surface area contributed by atoms with Crippen molar-refractivity contribution in [3.8, 4) is 0 Å². The van der Waals surface area contributed by atoms with Crippen LogP contribution in [-0.4, -0.2) is 34.3 Å². The van der Waals surface area contributed by atoms with Crippen molar-refractivity contribution < 1.29 is 4.43 Å². The Balaban J connectivity index is 2.59. The van der Waals surface area contributed by atoms with Crippen LogP contribution in [0.2, 0.25) is 39.3 Å². The first-order valence-corrected chi connectivity index (χ1v) is 14.0. The summed E-state index contributed by atoms with van der Waals surface area (Å²) in [6.07, 6.45) is 0. The lowest BCUT2D eigenvalue weighted by Gasteiger charge is -2.35. The van der Waals surface area contributed by atoms with Gasteiger partial charge in [0.2, 0.25) is 0 Å². The quantitative estimate of drug-likeness (QED) is 0.700. The predicted octanol–water partition coefficient (Wildman–Crippen LogP) is 4.18. The maximum Gasteiger partial charge on any atom is 0.183 e. The molecule has 0 atom stereocenters. The van der Waals surface area contributed by atoms with E-state index in [0.29, 0.717) is 0 Å². The molecular weight excluding hydrogens is 266 g/mol. The third-order valence-corrected chi connectivity index (χ3v) is 6.41. The van der Waals surface area contributed by atoms with Crippen LogP contribution in [0.1, 0.15) is 5.56 Å². The summed E-state index contributed by atoms with van der Waals surface area (Å²) in [4.78, 5) is 0. The van der Waals surface area contributed by atoms with E-state index in [1.54, 1.807) is 0 Å². The van der Waals surface area contributed by atoms with Gasteiger partial charge in [0.1, 0.15) is 8.24 Å². The SMILES string of the molecule is C[Si](C)(C)OCCN(Cc1ccccc1)[Si](C)(C)C. The van der Waals surface area contributed by atoms with E-state index in [9.17, 15) is 0 Å². The Hall–Kier alpha value is -0.426. The van der Waals surface area contributed by atoms with E-state index in [2.05, 4.69) is 74.2 Å². The molecule has 0 radical (unpaired) electrons. The van der Waals surface area contributed by atoms with Crippen molar-refractivity contribution in [2.24, 2.45) is 0 Å². The predicted molar refractivity (Wildman–Crippen MR) is 89.5 cm³/mol. The van der Waals surface area contributed by atoms with Gasteiger partial charge < -0.3 is 8.99 Å². The summed E-state index contributed by atoms with van der Waals surface area (Å²) in [5.41, 5.74) is 1.40. The van der Waals surface area contributed by atoms with Gasteiger partial charge in [0.05, 0.1) is 0 Å². The van der Waals surface area contributed by atoms with Crippen LogP contribution in [0.3, 0.4) is 0 Å². The van der Waals surface area contributed by atoms with Crippen molar-refractivity contribution in [1.82, 2.24) is 4.57 Å². The third kappa shape index (κ3) is 7.06. The normalized spacial score (nSPS) is 13.0. The van der Waals surface area contributed by atoms with Crippen LogP contribution in [0.5, 0.6) is 0 Å². The van der Waals surface area contributed by atoms with Crippen LogP contribution in [0, 0.1) is 0 Å². The van der Waals surface area contributed by atoms with E-state index in [1.807, 2.05) is 0 Å². The minimum atomic E-state index is -1.39. The second-order valence-electron chi connectivity index (χ2n) is 7.04. The fourth-order valence-corrected chi connectivity index (χ4v) is 4.04. The summed E-state index contributed by atoms with van der Waals surface area (Å²) in [6.45, 7) is 16.9. The van der Waals surface area contributed by atoms with E-state index < -0.39 is 16.6 Å². The molecule has 1 rings (SSSR count). The number of rotatable bonds is 7. The van der Waals surface area contributed by atoms with Crippen LogP contribution in [0.15, 0.2) is 30.3 Å². The summed E-state index contributed by atoms with van der Waals surface area (Å²) >= 11 is 0. The molecule has 0 aliphatic carbocycles. The molecule has 1 aromatic carbocycles. The Morgan fingerprint density at radius 2 is 1.53 bits per heavy atom. The standard InChI is InChI=1S/C15H29NOSi2/c1-18(2,3)16(12-13-17-19(4,5)6)14-15-10-8-7-9-11-15/h7-11H,12-14H2,1-6H3. The van der Waals surface area contributed by atoms with Crippen LogP contribution in [-0.2, 0) is 11.0 Å². The average molecular weight is 296 g/mol. The summed E-state index contributed by atoms with van der Waals surface area (Å²) in [5, 5.41) is 0. The summed E-state index contributed by atoms with van der Waals surface area (Å²) < 4.78 is 8.64. The minimum absolute atomic E-state index is 0.868. The molecule has 0 bridgehead atoms.